The monoisotopic (exact) mass is 286 g/mol. The van der Waals surface area contributed by atoms with Crippen molar-refractivity contribution in [1.82, 2.24) is 5.32 Å². The number of hydrogen-bond acceptors (Lipinski definition) is 2. The van der Waals surface area contributed by atoms with Crippen molar-refractivity contribution < 1.29 is 0 Å². The van der Waals surface area contributed by atoms with Gasteiger partial charge in [0.15, 0.2) is 0 Å². The van der Waals surface area contributed by atoms with Crippen molar-refractivity contribution >= 4 is 5.69 Å². The van der Waals surface area contributed by atoms with Crippen LogP contribution in [-0.2, 0) is 6.42 Å². The summed E-state index contributed by atoms with van der Waals surface area (Å²) in [5.74, 6) is 0.889. The van der Waals surface area contributed by atoms with Gasteiger partial charge in [-0.1, -0.05) is 31.5 Å². The Bertz CT molecular complexity index is 443. The normalized spacial score (nSPS) is 25.7. The quantitative estimate of drug-likeness (QED) is 0.880. The molecule has 0 amide bonds. The zero-order chi connectivity index (χ0) is 14.5. The molecule has 1 N–H and O–H groups in total. The number of fused-ring (bicyclic) bond motifs is 1. The molecule has 2 heteroatoms. The Labute approximate surface area is 129 Å². The van der Waals surface area contributed by atoms with E-state index in [2.05, 4.69) is 41.4 Å². The predicted octanol–water partition coefficient (Wildman–Crippen LogP) is 4.00. The minimum atomic E-state index is 0.775. The molecule has 21 heavy (non-hydrogen) atoms. The van der Waals surface area contributed by atoms with Crippen molar-refractivity contribution in [3.05, 3.63) is 29.8 Å². The molecule has 1 aliphatic heterocycles. The maximum atomic E-state index is 3.70. The third-order valence-corrected chi connectivity index (χ3v) is 5.35. The summed E-state index contributed by atoms with van der Waals surface area (Å²) in [5, 5.41) is 3.70. The topological polar surface area (TPSA) is 15.3 Å². The highest BCUT2D eigenvalue weighted by molar-refractivity contribution is 5.54. The van der Waals surface area contributed by atoms with Gasteiger partial charge in [0.05, 0.1) is 0 Å². The lowest BCUT2D eigenvalue weighted by Gasteiger charge is -2.28. The first-order valence-corrected chi connectivity index (χ1v) is 8.94. The van der Waals surface area contributed by atoms with Gasteiger partial charge in [0.2, 0.25) is 0 Å². The Balaban J connectivity index is 1.62. The molecule has 1 saturated carbocycles. The number of benzene rings is 1. The second-order valence-corrected chi connectivity index (χ2v) is 6.72. The molecule has 1 aromatic carbocycles. The fourth-order valence-corrected chi connectivity index (χ4v) is 4.24. The summed E-state index contributed by atoms with van der Waals surface area (Å²) in [7, 11) is 0. The third-order valence-electron chi connectivity index (χ3n) is 5.35. The Morgan fingerprint density at radius 1 is 1.14 bits per heavy atom. The lowest BCUT2D eigenvalue weighted by molar-refractivity contribution is 0.386. The fourth-order valence-electron chi connectivity index (χ4n) is 4.24. The number of anilines is 1. The molecule has 0 saturated heterocycles. The Morgan fingerprint density at radius 3 is 2.95 bits per heavy atom. The maximum Gasteiger partial charge on any atom is 0.0398 e. The lowest BCUT2D eigenvalue weighted by Crippen LogP contribution is -2.35. The maximum absolute atomic E-state index is 3.70. The third kappa shape index (κ3) is 3.60. The van der Waals surface area contributed by atoms with Crippen molar-refractivity contribution in [1.29, 1.82) is 0 Å². The van der Waals surface area contributed by atoms with E-state index in [0.29, 0.717) is 0 Å². The number of para-hydroxylation sites is 1. The summed E-state index contributed by atoms with van der Waals surface area (Å²) in [4.78, 5) is 2.66. The van der Waals surface area contributed by atoms with E-state index in [1.807, 2.05) is 0 Å². The van der Waals surface area contributed by atoms with Gasteiger partial charge in [-0.25, -0.2) is 0 Å². The van der Waals surface area contributed by atoms with Crippen LogP contribution in [0.25, 0.3) is 0 Å². The summed E-state index contributed by atoms with van der Waals surface area (Å²) in [5.41, 5.74) is 3.07. The van der Waals surface area contributed by atoms with Crippen LogP contribution < -0.4 is 10.2 Å². The molecule has 0 radical (unpaired) electrons. The molecule has 2 atom stereocenters. The number of nitrogens with one attached hydrogen (secondary N) is 1. The van der Waals surface area contributed by atoms with Gasteiger partial charge in [0.1, 0.15) is 0 Å². The first-order chi connectivity index (χ1) is 10.4. The molecule has 116 valence electrons. The number of aryl methyl sites for hydroxylation is 1. The first kappa shape index (κ1) is 14.9. The number of hydrogen-bond donors (Lipinski definition) is 1. The number of nitrogens with zero attached hydrogens (tertiary/aromatic N) is 1. The van der Waals surface area contributed by atoms with Crippen molar-refractivity contribution in [2.45, 2.75) is 57.9 Å². The van der Waals surface area contributed by atoms with Gasteiger partial charge in [-0.3, -0.25) is 0 Å². The van der Waals surface area contributed by atoms with Crippen LogP contribution in [0.5, 0.6) is 0 Å². The molecule has 1 aliphatic carbocycles. The zero-order valence-electron chi connectivity index (χ0n) is 13.5. The molecule has 1 fully saturated rings. The van der Waals surface area contributed by atoms with Crippen LogP contribution in [0.4, 0.5) is 5.69 Å². The van der Waals surface area contributed by atoms with E-state index in [4.69, 9.17) is 0 Å². The molecule has 3 rings (SSSR count). The van der Waals surface area contributed by atoms with Crippen molar-refractivity contribution in [2.75, 3.05) is 24.5 Å². The average Bonchev–Trinajstić information content (AvgIpc) is 2.84. The molecular weight excluding hydrogens is 256 g/mol. The van der Waals surface area contributed by atoms with Gasteiger partial charge in [-0.05, 0) is 62.6 Å². The van der Waals surface area contributed by atoms with E-state index in [1.54, 1.807) is 5.56 Å². The van der Waals surface area contributed by atoms with Crippen molar-refractivity contribution in [2.24, 2.45) is 5.92 Å². The molecule has 2 nitrogen and oxygen atoms in total. The van der Waals surface area contributed by atoms with Gasteiger partial charge in [-0.2, -0.15) is 0 Å². The summed E-state index contributed by atoms with van der Waals surface area (Å²) < 4.78 is 0. The Morgan fingerprint density at radius 2 is 2.05 bits per heavy atom. The van der Waals surface area contributed by atoms with Gasteiger partial charge in [-0.15, -0.1) is 0 Å². The summed E-state index contributed by atoms with van der Waals surface area (Å²) >= 11 is 0. The van der Waals surface area contributed by atoms with Gasteiger partial charge in [0.25, 0.3) is 0 Å². The van der Waals surface area contributed by atoms with Crippen LogP contribution in [0.3, 0.4) is 0 Å². The summed E-state index contributed by atoms with van der Waals surface area (Å²) in [6, 6.07) is 9.83. The van der Waals surface area contributed by atoms with Crippen LogP contribution in [0, 0.1) is 5.92 Å². The van der Waals surface area contributed by atoms with E-state index >= 15 is 0 Å². The first-order valence-electron chi connectivity index (χ1n) is 8.94. The largest absolute Gasteiger partial charge is 0.371 e. The highest BCUT2D eigenvalue weighted by Gasteiger charge is 2.27. The van der Waals surface area contributed by atoms with Crippen LogP contribution in [-0.4, -0.2) is 25.7 Å². The van der Waals surface area contributed by atoms with E-state index in [9.17, 15) is 0 Å². The summed E-state index contributed by atoms with van der Waals surface area (Å²) in [6.45, 7) is 5.84. The van der Waals surface area contributed by atoms with Gasteiger partial charge in [0, 0.05) is 24.8 Å². The lowest BCUT2D eigenvalue weighted by atomic mass is 9.99. The molecule has 2 unspecified atom stereocenters. The predicted molar refractivity (Wildman–Crippen MR) is 91.0 cm³/mol. The smallest absolute Gasteiger partial charge is 0.0398 e. The van der Waals surface area contributed by atoms with Gasteiger partial charge >= 0.3 is 0 Å². The molecule has 2 aliphatic rings. The molecule has 0 aromatic heterocycles. The molecule has 1 aromatic rings. The minimum Gasteiger partial charge on any atom is -0.371 e. The van der Waals surface area contributed by atoms with Crippen LogP contribution in [0.2, 0.25) is 0 Å². The van der Waals surface area contributed by atoms with E-state index in [1.165, 1.54) is 63.7 Å². The molecule has 0 spiro atoms. The minimum absolute atomic E-state index is 0.775. The Kier molecular flexibility index (Phi) is 5.18. The molecule has 0 bridgehead atoms. The molecule has 1 heterocycles. The van der Waals surface area contributed by atoms with E-state index in [-0.39, 0.29) is 0 Å². The Hall–Kier alpha value is -1.02. The molecular formula is C19H30N2. The second kappa shape index (κ2) is 7.31. The standard InChI is InChI=1S/C19H30N2/c1-2-20-18-11-7-10-16(18)13-15-21-14-6-5-9-17-8-3-4-12-19(17)21/h3-4,8,12,16,18,20H,2,5-7,9-11,13-15H2,1H3. The highest BCUT2D eigenvalue weighted by Crippen LogP contribution is 2.31. The SMILES string of the molecule is CCNC1CCCC1CCN1CCCCc2ccccc21. The van der Waals surface area contributed by atoms with Crippen LogP contribution in [0.1, 0.15) is 51.0 Å². The number of rotatable bonds is 5. The van der Waals surface area contributed by atoms with Crippen LogP contribution >= 0.6 is 0 Å². The summed E-state index contributed by atoms with van der Waals surface area (Å²) in [6.07, 6.45) is 9.52. The van der Waals surface area contributed by atoms with Gasteiger partial charge < -0.3 is 10.2 Å². The highest BCUT2D eigenvalue weighted by atomic mass is 15.1. The second-order valence-electron chi connectivity index (χ2n) is 6.72. The average molecular weight is 286 g/mol. The van der Waals surface area contributed by atoms with E-state index < -0.39 is 0 Å². The van der Waals surface area contributed by atoms with Crippen LogP contribution in [0.15, 0.2) is 24.3 Å². The van der Waals surface area contributed by atoms with Crippen molar-refractivity contribution in [3.8, 4) is 0 Å². The fraction of sp³-hybridized carbons (Fsp3) is 0.684. The van der Waals surface area contributed by atoms with Crippen molar-refractivity contribution in [3.63, 3.8) is 0 Å². The zero-order valence-corrected chi connectivity index (χ0v) is 13.5. The van der Waals surface area contributed by atoms with E-state index in [0.717, 1.165) is 18.5 Å².